The Morgan fingerprint density at radius 1 is 1.10 bits per heavy atom. The zero-order valence-electron chi connectivity index (χ0n) is 16.3. The summed E-state index contributed by atoms with van der Waals surface area (Å²) in [6.07, 6.45) is 6.52. The second-order valence-corrected chi connectivity index (χ2v) is 8.98. The first-order chi connectivity index (χ1) is 14.4. The van der Waals surface area contributed by atoms with Crippen molar-refractivity contribution >= 4 is 34.1 Å². The van der Waals surface area contributed by atoms with Crippen LogP contribution in [0.4, 0.5) is 14.5 Å². The van der Waals surface area contributed by atoms with Crippen LogP contribution in [0.5, 0.6) is 0 Å². The van der Waals surface area contributed by atoms with E-state index in [1.165, 1.54) is 18.2 Å². The molecule has 1 amide bonds. The zero-order valence-corrected chi connectivity index (χ0v) is 17.1. The first-order valence-corrected chi connectivity index (χ1v) is 10.6. The molecule has 1 spiro atoms. The maximum atomic E-state index is 13.8. The summed E-state index contributed by atoms with van der Waals surface area (Å²) < 4.78 is 27.4. The van der Waals surface area contributed by atoms with E-state index in [1.54, 1.807) is 24.4 Å². The molecule has 5 rings (SSSR count). The summed E-state index contributed by atoms with van der Waals surface area (Å²) in [6.45, 7) is 0. The Hall–Kier alpha value is -2.53. The number of carbonyl (C=O) groups excluding carboxylic acids is 1. The van der Waals surface area contributed by atoms with Crippen molar-refractivity contribution in [2.24, 2.45) is 11.3 Å². The quantitative estimate of drug-likeness (QED) is 0.521. The highest BCUT2D eigenvalue weighted by Gasteiger charge is 2.58. The summed E-state index contributed by atoms with van der Waals surface area (Å²) in [5.41, 5.74) is 2.43. The molecule has 2 aromatic carbocycles. The van der Waals surface area contributed by atoms with Crippen molar-refractivity contribution in [1.82, 2.24) is 4.98 Å². The molecule has 3 aromatic rings. The highest BCUT2D eigenvalue weighted by atomic mass is 35.5. The predicted octanol–water partition coefficient (Wildman–Crippen LogP) is 6.47. The van der Waals surface area contributed by atoms with E-state index in [9.17, 15) is 13.6 Å². The van der Waals surface area contributed by atoms with Crippen LogP contribution >= 0.6 is 11.6 Å². The molecule has 0 radical (unpaired) electrons. The SMILES string of the molecule is O=C(Nc1ccc(Cl)c(F)c1)[C@H]1CC12CCC(c1ccnc3ccc(F)cc13)CC2. The lowest BCUT2D eigenvalue weighted by Crippen LogP contribution is -2.22. The molecule has 154 valence electrons. The molecule has 0 aliphatic heterocycles. The van der Waals surface area contributed by atoms with Gasteiger partial charge >= 0.3 is 0 Å². The van der Waals surface area contributed by atoms with Crippen LogP contribution in [0, 0.1) is 23.0 Å². The Kier molecular flexibility index (Phi) is 4.73. The number of nitrogens with zero attached hydrogens (tertiary/aromatic N) is 1. The normalized spacial score (nSPS) is 25.4. The van der Waals surface area contributed by atoms with E-state index in [0.717, 1.165) is 48.6 Å². The number of hydrogen-bond acceptors (Lipinski definition) is 2. The number of pyridine rings is 1. The van der Waals surface area contributed by atoms with Crippen LogP contribution in [0.15, 0.2) is 48.7 Å². The summed E-state index contributed by atoms with van der Waals surface area (Å²) in [4.78, 5) is 17.0. The standard InChI is InChI=1S/C24H21ClF2N2O/c25-20-3-2-16(12-21(20)27)29-23(30)19-13-24(19)8-5-14(6-9-24)17-7-10-28-22-4-1-15(26)11-18(17)22/h1-4,7,10-12,14,19H,5-6,8-9,13H2,(H,29,30)/t14?,19-,24?/m1/s1. The van der Waals surface area contributed by atoms with Crippen LogP contribution in [0.25, 0.3) is 10.9 Å². The number of carbonyl (C=O) groups is 1. The van der Waals surface area contributed by atoms with Crippen LogP contribution < -0.4 is 5.32 Å². The summed E-state index contributed by atoms with van der Waals surface area (Å²) in [5.74, 6) is -0.531. The topological polar surface area (TPSA) is 42.0 Å². The van der Waals surface area contributed by atoms with Gasteiger partial charge in [-0.05, 0) is 91.5 Å². The molecular weight excluding hydrogens is 406 g/mol. The minimum atomic E-state index is -0.540. The third-order valence-electron chi connectivity index (χ3n) is 6.85. The number of fused-ring (bicyclic) bond motifs is 1. The number of nitrogens with one attached hydrogen (secondary N) is 1. The van der Waals surface area contributed by atoms with Crippen LogP contribution in [0.2, 0.25) is 5.02 Å². The van der Waals surface area contributed by atoms with E-state index in [4.69, 9.17) is 11.6 Å². The fourth-order valence-electron chi connectivity index (χ4n) is 5.07. The van der Waals surface area contributed by atoms with Gasteiger partial charge in [0.1, 0.15) is 11.6 Å². The number of halogens is 3. The van der Waals surface area contributed by atoms with Gasteiger partial charge in [-0.15, -0.1) is 0 Å². The van der Waals surface area contributed by atoms with E-state index in [1.807, 2.05) is 6.07 Å². The highest BCUT2D eigenvalue weighted by molar-refractivity contribution is 6.30. The Morgan fingerprint density at radius 3 is 2.67 bits per heavy atom. The molecule has 1 aromatic heterocycles. The van der Waals surface area contributed by atoms with Crippen molar-refractivity contribution < 1.29 is 13.6 Å². The first kappa shape index (κ1) is 19.4. The Morgan fingerprint density at radius 2 is 1.90 bits per heavy atom. The van der Waals surface area contributed by atoms with E-state index in [0.29, 0.717) is 11.6 Å². The van der Waals surface area contributed by atoms with E-state index >= 15 is 0 Å². The molecule has 0 bridgehead atoms. The average Bonchev–Trinajstić information content (AvgIpc) is 3.44. The van der Waals surface area contributed by atoms with E-state index in [-0.39, 0.29) is 28.1 Å². The number of aromatic nitrogens is 1. The van der Waals surface area contributed by atoms with Gasteiger partial charge in [0.25, 0.3) is 0 Å². The summed E-state index contributed by atoms with van der Waals surface area (Å²) in [5, 5.41) is 3.75. The Labute approximate surface area is 178 Å². The second-order valence-electron chi connectivity index (χ2n) is 8.57. The fourth-order valence-corrected chi connectivity index (χ4v) is 5.19. The summed E-state index contributed by atoms with van der Waals surface area (Å²) in [7, 11) is 0. The van der Waals surface area contributed by atoms with Crippen molar-refractivity contribution in [3.05, 3.63) is 70.9 Å². The maximum absolute atomic E-state index is 13.8. The monoisotopic (exact) mass is 426 g/mol. The van der Waals surface area contributed by atoms with Gasteiger partial charge in [0.15, 0.2) is 0 Å². The number of benzene rings is 2. The molecule has 2 fully saturated rings. The lowest BCUT2D eigenvalue weighted by Gasteiger charge is -2.30. The van der Waals surface area contributed by atoms with Crippen LogP contribution in [0.3, 0.4) is 0 Å². The third kappa shape index (κ3) is 3.45. The Bertz CT molecular complexity index is 1140. The minimum Gasteiger partial charge on any atom is -0.326 e. The molecule has 1 N–H and O–H groups in total. The van der Waals surface area contributed by atoms with Crippen molar-refractivity contribution in [1.29, 1.82) is 0 Å². The second kappa shape index (κ2) is 7.31. The molecule has 6 heteroatoms. The number of rotatable bonds is 3. The number of amides is 1. The lowest BCUT2D eigenvalue weighted by molar-refractivity contribution is -0.118. The van der Waals surface area contributed by atoms with Gasteiger partial charge in [0.2, 0.25) is 5.91 Å². The van der Waals surface area contributed by atoms with Gasteiger partial charge in [0, 0.05) is 23.2 Å². The molecule has 2 aliphatic rings. The molecular formula is C24H21ClF2N2O. The summed E-state index contributed by atoms with van der Waals surface area (Å²) >= 11 is 5.71. The molecule has 0 saturated heterocycles. The van der Waals surface area contributed by atoms with Crippen molar-refractivity contribution in [3.63, 3.8) is 0 Å². The van der Waals surface area contributed by atoms with Gasteiger partial charge in [-0.1, -0.05) is 11.6 Å². The smallest absolute Gasteiger partial charge is 0.228 e. The van der Waals surface area contributed by atoms with E-state index < -0.39 is 5.82 Å². The largest absolute Gasteiger partial charge is 0.326 e. The van der Waals surface area contributed by atoms with Gasteiger partial charge < -0.3 is 5.32 Å². The minimum absolute atomic E-state index is 0.0381. The van der Waals surface area contributed by atoms with Gasteiger partial charge in [0.05, 0.1) is 10.5 Å². The maximum Gasteiger partial charge on any atom is 0.228 e. The van der Waals surface area contributed by atoms with Crippen molar-refractivity contribution in [3.8, 4) is 0 Å². The molecule has 30 heavy (non-hydrogen) atoms. The lowest BCUT2D eigenvalue weighted by atomic mass is 9.75. The molecule has 0 unspecified atom stereocenters. The first-order valence-electron chi connectivity index (χ1n) is 10.3. The van der Waals surface area contributed by atoms with E-state index in [2.05, 4.69) is 10.3 Å². The number of hydrogen-bond donors (Lipinski definition) is 1. The van der Waals surface area contributed by atoms with Crippen LogP contribution in [-0.4, -0.2) is 10.9 Å². The highest BCUT2D eigenvalue weighted by Crippen LogP contribution is 2.63. The summed E-state index contributed by atoms with van der Waals surface area (Å²) in [6, 6.07) is 11.0. The van der Waals surface area contributed by atoms with Crippen LogP contribution in [0.1, 0.15) is 43.6 Å². The molecule has 1 atom stereocenters. The number of anilines is 1. The molecule has 1 heterocycles. The Balaban J connectivity index is 1.26. The molecule has 2 saturated carbocycles. The average molecular weight is 427 g/mol. The van der Waals surface area contributed by atoms with Gasteiger partial charge in [-0.2, -0.15) is 0 Å². The zero-order chi connectivity index (χ0) is 20.9. The van der Waals surface area contributed by atoms with Crippen molar-refractivity contribution in [2.45, 2.75) is 38.0 Å². The van der Waals surface area contributed by atoms with Gasteiger partial charge in [-0.25, -0.2) is 8.78 Å². The van der Waals surface area contributed by atoms with Crippen LogP contribution in [-0.2, 0) is 4.79 Å². The molecule has 2 aliphatic carbocycles. The van der Waals surface area contributed by atoms with Crippen molar-refractivity contribution in [2.75, 3.05) is 5.32 Å². The molecule has 3 nitrogen and oxygen atoms in total. The third-order valence-corrected chi connectivity index (χ3v) is 7.16. The van der Waals surface area contributed by atoms with Gasteiger partial charge in [-0.3, -0.25) is 9.78 Å². The fraction of sp³-hybridized carbons (Fsp3) is 0.333. The predicted molar refractivity (Wildman–Crippen MR) is 113 cm³/mol.